The Hall–Kier alpha value is -1.80. The summed E-state index contributed by atoms with van der Waals surface area (Å²) >= 11 is 1.12. The standard InChI is InChI=1S/C11H10N2O5S/c14-9-6-1-2-7(18-6)10(15)13(9)3-8-12-5(4-19-8)11(16)17/h4,6-7H,1-3H2,(H,16,17). The van der Waals surface area contributed by atoms with E-state index in [4.69, 9.17) is 9.84 Å². The molecule has 0 radical (unpaired) electrons. The second-order valence-corrected chi connectivity index (χ2v) is 5.33. The number of carboxylic acid groups (broad SMARTS) is 1. The number of fused-ring (bicyclic) bond motifs is 2. The van der Waals surface area contributed by atoms with Crippen molar-refractivity contribution >= 4 is 29.1 Å². The summed E-state index contributed by atoms with van der Waals surface area (Å²) in [7, 11) is 0. The van der Waals surface area contributed by atoms with E-state index in [0.29, 0.717) is 17.8 Å². The first kappa shape index (κ1) is 12.2. The van der Waals surface area contributed by atoms with Gasteiger partial charge in [-0.15, -0.1) is 11.3 Å². The number of hydrogen-bond donors (Lipinski definition) is 1. The van der Waals surface area contributed by atoms with Gasteiger partial charge in [-0.25, -0.2) is 9.78 Å². The number of carbonyl (C=O) groups is 3. The Bertz CT molecular complexity index is 547. The van der Waals surface area contributed by atoms with Crippen molar-refractivity contribution in [1.82, 2.24) is 9.88 Å². The lowest BCUT2D eigenvalue weighted by Gasteiger charge is -2.29. The minimum Gasteiger partial charge on any atom is -0.476 e. The highest BCUT2D eigenvalue weighted by molar-refractivity contribution is 7.09. The summed E-state index contributed by atoms with van der Waals surface area (Å²) < 4.78 is 5.28. The van der Waals surface area contributed by atoms with E-state index in [1.165, 1.54) is 5.38 Å². The fourth-order valence-corrected chi connectivity index (χ4v) is 2.99. The van der Waals surface area contributed by atoms with Gasteiger partial charge in [0.2, 0.25) is 0 Å². The number of imide groups is 1. The highest BCUT2D eigenvalue weighted by atomic mass is 32.1. The number of amides is 2. The van der Waals surface area contributed by atoms with Crippen molar-refractivity contribution in [3.8, 4) is 0 Å². The number of morpholine rings is 1. The number of aromatic carboxylic acids is 1. The lowest BCUT2D eigenvalue weighted by molar-refractivity contribution is -0.169. The first-order valence-corrected chi connectivity index (χ1v) is 6.62. The third-order valence-corrected chi connectivity index (χ3v) is 4.00. The molecule has 8 heteroatoms. The SMILES string of the molecule is O=C(O)c1csc(CN2C(=O)C3CCC(O3)C2=O)n1. The van der Waals surface area contributed by atoms with Crippen molar-refractivity contribution in [1.29, 1.82) is 0 Å². The summed E-state index contributed by atoms with van der Waals surface area (Å²) in [5.74, 6) is -1.83. The number of carboxylic acids is 1. The molecule has 2 amide bonds. The maximum atomic E-state index is 12.0. The van der Waals surface area contributed by atoms with Gasteiger partial charge in [-0.3, -0.25) is 14.5 Å². The molecule has 3 rings (SSSR count). The van der Waals surface area contributed by atoms with Crippen LogP contribution in [0.1, 0.15) is 28.3 Å². The molecule has 7 nitrogen and oxygen atoms in total. The van der Waals surface area contributed by atoms with Crippen LogP contribution in [-0.2, 0) is 20.9 Å². The minimum atomic E-state index is -1.12. The normalized spacial score (nSPS) is 26.0. The molecule has 1 aromatic heterocycles. The Balaban J connectivity index is 1.80. The molecule has 0 saturated carbocycles. The molecule has 100 valence electrons. The van der Waals surface area contributed by atoms with E-state index in [-0.39, 0.29) is 24.1 Å². The van der Waals surface area contributed by atoms with Gasteiger partial charge >= 0.3 is 5.97 Å². The molecule has 2 fully saturated rings. The third-order valence-electron chi connectivity index (χ3n) is 3.17. The van der Waals surface area contributed by atoms with Crippen LogP contribution in [0.5, 0.6) is 0 Å². The van der Waals surface area contributed by atoms with Crippen LogP contribution in [0.2, 0.25) is 0 Å². The number of nitrogens with zero attached hydrogens (tertiary/aromatic N) is 2. The van der Waals surface area contributed by atoms with Crippen molar-refractivity contribution in [2.24, 2.45) is 0 Å². The van der Waals surface area contributed by atoms with E-state index in [9.17, 15) is 14.4 Å². The van der Waals surface area contributed by atoms with Gasteiger partial charge in [-0.2, -0.15) is 0 Å². The number of likely N-dealkylation sites (tertiary alicyclic amines) is 1. The van der Waals surface area contributed by atoms with Crippen LogP contribution < -0.4 is 0 Å². The van der Waals surface area contributed by atoms with Gasteiger partial charge in [0.05, 0.1) is 6.54 Å². The molecular formula is C11H10N2O5S. The molecule has 2 aliphatic heterocycles. The van der Waals surface area contributed by atoms with Gasteiger partial charge in [0.25, 0.3) is 11.8 Å². The second-order valence-electron chi connectivity index (χ2n) is 4.38. The van der Waals surface area contributed by atoms with Gasteiger partial charge in [-0.05, 0) is 12.8 Å². The lowest BCUT2D eigenvalue weighted by atomic mass is 10.2. The predicted molar refractivity (Wildman–Crippen MR) is 62.5 cm³/mol. The first-order chi connectivity index (χ1) is 9.06. The molecule has 1 aromatic rings. The molecule has 2 atom stereocenters. The average Bonchev–Trinajstić information content (AvgIpc) is 3.00. The zero-order valence-electron chi connectivity index (χ0n) is 9.74. The van der Waals surface area contributed by atoms with Gasteiger partial charge in [0.1, 0.15) is 17.2 Å². The Morgan fingerprint density at radius 1 is 1.42 bits per heavy atom. The van der Waals surface area contributed by atoms with Crippen LogP contribution in [0, 0.1) is 0 Å². The Kier molecular flexibility index (Phi) is 2.83. The summed E-state index contributed by atoms with van der Waals surface area (Å²) in [4.78, 5) is 39.7. The molecular weight excluding hydrogens is 272 g/mol. The van der Waals surface area contributed by atoms with Crippen LogP contribution in [-0.4, -0.2) is 45.0 Å². The predicted octanol–water partition coefficient (Wildman–Crippen LogP) is 0.258. The van der Waals surface area contributed by atoms with Crippen molar-refractivity contribution in [3.05, 3.63) is 16.1 Å². The maximum absolute atomic E-state index is 12.0. The van der Waals surface area contributed by atoms with E-state index < -0.39 is 18.2 Å². The van der Waals surface area contributed by atoms with E-state index in [1.54, 1.807) is 0 Å². The van der Waals surface area contributed by atoms with E-state index in [0.717, 1.165) is 16.2 Å². The van der Waals surface area contributed by atoms with Gasteiger partial charge < -0.3 is 9.84 Å². The number of ether oxygens (including phenoxy) is 1. The number of carbonyl (C=O) groups excluding carboxylic acids is 2. The Morgan fingerprint density at radius 2 is 2.05 bits per heavy atom. The van der Waals surface area contributed by atoms with E-state index >= 15 is 0 Å². The number of thiazole rings is 1. The maximum Gasteiger partial charge on any atom is 0.355 e. The van der Waals surface area contributed by atoms with Crippen molar-refractivity contribution in [2.45, 2.75) is 31.6 Å². The molecule has 0 aliphatic carbocycles. The van der Waals surface area contributed by atoms with E-state index in [2.05, 4.69) is 4.98 Å². The van der Waals surface area contributed by atoms with E-state index in [1.807, 2.05) is 0 Å². The Labute approximate surface area is 111 Å². The summed E-state index contributed by atoms with van der Waals surface area (Å²) in [6, 6.07) is 0. The summed E-state index contributed by atoms with van der Waals surface area (Å²) in [5.41, 5.74) is -0.0730. The number of hydrogen-bond acceptors (Lipinski definition) is 6. The van der Waals surface area contributed by atoms with Gasteiger partial charge in [0, 0.05) is 5.38 Å². The summed E-state index contributed by atoms with van der Waals surface area (Å²) in [6.07, 6.45) is 0.0387. The molecule has 2 unspecified atom stereocenters. The van der Waals surface area contributed by atoms with Crippen molar-refractivity contribution in [2.75, 3.05) is 0 Å². The molecule has 2 saturated heterocycles. The van der Waals surface area contributed by atoms with Crippen LogP contribution in [0.25, 0.3) is 0 Å². The molecule has 2 aliphatic rings. The van der Waals surface area contributed by atoms with Crippen LogP contribution >= 0.6 is 11.3 Å². The summed E-state index contributed by atoms with van der Waals surface area (Å²) in [6.45, 7) is 0.0198. The zero-order chi connectivity index (χ0) is 13.6. The van der Waals surface area contributed by atoms with Crippen LogP contribution in [0.4, 0.5) is 0 Å². The lowest BCUT2D eigenvalue weighted by Crippen LogP contribution is -2.51. The molecule has 1 N–H and O–H groups in total. The second kappa shape index (κ2) is 4.39. The highest BCUT2D eigenvalue weighted by Crippen LogP contribution is 2.29. The smallest absolute Gasteiger partial charge is 0.355 e. The van der Waals surface area contributed by atoms with Gasteiger partial charge in [0.15, 0.2) is 5.69 Å². The van der Waals surface area contributed by atoms with Crippen molar-refractivity contribution < 1.29 is 24.2 Å². The molecule has 19 heavy (non-hydrogen) atoms. The molecule has 0 aromatic carbocycles. The third kappa shape index (κ3) is 2.02. The fraction of sp³-hybridized carbons (Fsp3) is 0.455. The summed E-state index contributed by atoms with van der Waals surface area (Å²) in [5, 5.41) is 10.6. The average molecular weight is 282 g/mol. The molecule has 0 spiro atoms. The highest BCUT2D eigenvalue weighted by Gasteiger charge is 2.46. The first-order valence-electron chi connectivity index (χ1n) is 5.74. The number of aromatic nitrogens is 1. The van der Waals surface area contributed by atoms with Crippen LogP contribution in [0.3, 0.4) is 0 Å². The minimum absolute atomic E-state index is 0.0198. The zero-order valence-corrected chi connectivity index (χ0v) is 10.6. The molecule has 3 heterocycles. The fourth-order valence-electron chi connectivity index (χ4n) is 2.23. The van der Waals surface area contributed by atoms with Gasteiger partial charge in [-0.1, -0.05) is 0 Å². The largest absolute Gasteiger partial charge is 0.476 e. The monoisotopic (exact) mass is 282 g/mol. The molecule has 2 bridgehead atoms. The quantitative estimate of drug-likeness (QED) is 0.799. The topological polar surface area (TPSA) is 96.8 Å². The number of rotatable bonds is 3. The van der Waals surface area contributed by atoms with Crippen LogP contribution in [0.15, 0.2) is 5.38 Å². The Morgan fingerprint density at radius 3 is 2.58 bits per heavy atom. The van der Waals surface area contributed by atoms with Crippen molar-refractivity contribution in [3.63, 3.8) is 0 Å².